The lowest BCUT2D eigenvalue weighted by Gasteiger charge is -2.06. The van der Waals surface area contributed by atoms with E-state index in [1.807, 2.05) is 0 Å². The molecule has 2 N–H and O–H groups in total. The first-order valence-corrected chi connectivity index (χ1v) is 8.83. The molecule has 20 heavy (non-hydrogen) atoms. The molecule has 0 aliphatic heterocycles. The molecular formula is C11H17N3O4S2. The molecule has 0 aromatic carbocycles. The number of hydrogen-bond acceptors (Lipinski definition) is 8. The topological polar surface area (TPSA) is 112 Å². The van der Waals surface area contributed by atoms with Crippen molar-refractivity contribution in [2.24, 2.45) is 0 Å². The van der Waals surface area contributed by atoms with Crippen molar-refractivity contribution in [1.82, 2.24) is 9.97 Å². The summed E-state index contributed by atoms with van der Waals surface area (Å²) in [6, 6.07) is 0. The Hall–Kier alpha value is -1.35. The molecule has 7 nitrogen and oxygen atoms in total. The number of anilines is 1. The van der Waals surface area contributed by atoms with Gasteiger partial charge in [0, 0.05) is 17.7 Å². The van der Waals surface area contributed by atoms with Crippen molar-refractivity contribution in [2.45, 2.75) is 19.0 Å². The van der Waals surface area contributed by atoms with E-state index in [0.717, 1.165) is 0 Å². The average Bonchev–Trinajstić information content (AvgIpc) is 2.39. The van der Waals surface area contributed by atoms with E-state index in [4.69, 9.17) is 10.5 Å². The minimum absolute atomic E-state index is 0.0271. The summed E-state index contributed by atoms with van der Waals surface area (Å²) < 4.78 is 27.5. The van der Waals surface area contributed by atoms with Crippen LogP contribution in [0.15, 0.2) is 11.4 Å². The quantitative estimate of drug-likeness (QED) is 0.445. The highest BCUT2D eigenvalue weighted by atomic mass is 32.2. The molecule has 0 bridgehead atoms. The number of hydrogen-bond donors (Lipinski definition) is 1. The highest BCUT2D eigenvalue weighted by Crippen LogP contribution is 2.17. The Kier molecular flexibility index (Phi) is 6.21. The van der Waals surface area contributed by atoms with Crippen molar-refractivity contribution in [3.05, 3.63) is 11.8 Å². The summed E-state index contributed by atoms with van der Waals surface area (Å²) in [6.45, 7) is 3.53. The zero-order valence-corrected chi connectivity index (χ0v) is 13.0. The molecule has 0 spiro atoms. The fourth-order valence-electron chi connectivity index (χ4n) is 1.22. The number of nitrogen functional groups attached to an aromatic ring is 1. The van der Waals surface area contributed by atoms with Crippen LogP contribution in [0.4, 0.5) is 5.82 Å². The van der Waals surface area contributed by atoms with Gasteiger partial charge in [-0.25, -0.2) is 23.2 Å². The molecule has 0 radical (unpaired) electrons. The van der Waals surface area contributed by atoms with Crippen LogP contribution in [0.2, 0.25) is 0 Å². The molecule has 1 aromatic rings. The predicted octanol–water partition coefficient (Wildman–Crippen LogP) is 0.762. The summed E-state index contributed by atoms with van der Waals surface area (Å²) >= 11 is 1.18. The van der Waals surface area contributed by atoms with Crippen molar-refractivity contribution in [3.8, 4) is 0 Å². The Morgan fingerprint density at radius 1 is 1.45 bits per heavy atom. The van der Waals surface area contributed by atoms with E-state index in [2.05, 4.69) is 9.97 Å². The lowest BCUT2D eigenvalue weighted by atomic mass is 10.3. The summed E-state index contributed by atoms with van der Waals surface area (Å²) in [6.07, 6.45) is 1.29. The van der Waals surface area contributed by atoms with Crippen LogP contribution in [0.1, 0.15) is 24.2 Å². The van der Waals surface area contributed by atoms with Crippen molar-refractivity contribution >= 4 is 33.4 Å². The molecule has 0 amide bonds. The molecule has 1 aromatic heterocycles. The van der Waals surface area contributed by atoms with Crippen LogP contribution < -0.4 is 5.73 Å². The smallest absolute Gasteiger partial charge is 0.343 e. The molecule has 0 aliphatic carbocycles. The number of thioether (sulfide) groups is 1. The van der Waals surface area contributed by atoms with Crippen LogP contribution in [0.25, 0.3) is 0 Å². The maximum atomic E-state index is 11.5. The van der Waals surface area contributed by atoms with E-state index < -0.39 is 15.8 Å². The molecule has 0 saturated heterocycles. The van der Waals surface area contributed by atoms with E-state index in [-0.39, 0.29) is 29.5 Å². The number of carbonyl (C=O) groups excluding carboxylic acids is 1. The monoisotopic (exact) mass is 319 g/mol. The predicted molar refractivity (Wildman–Crippen MR) is 77.5 cm³/mol. The van der Waals surface area contributed by atoms with Gasteiger partial charge in [0.25, 0.3) is 0 Å². The third-order valence-corrected chi connectivity index (χ3v) is 5.18. The van der Waals surface area contributed by atoms with Crippen LogP contribution in [0.3, 0.4) is 0 Å². The van der Waals surface area contributed by atoms with Gasteiger partial charge in [-0.15, -0.1) is 0 Å². The summed E-state index contributed by atoms with van der Waals surface area (Å²) in [5, 5.41) is 0.335. The molecule has 0 fully saturated rings. The standard InChI is InChI=1S/C11H17N3O4S2/c1-3-18-10(15)8-7-13-11(14-9(8)12)19-5-6-20(16,17)4-2/h7H,3-6H2,1-2H3,(H2,12,13,14). The van der Waals surface area contributed by atoms with Crippen LogP contribution in [-0.2, 0) is 14.6 Å². The summed E-state index contributed by atoms with van der Waals surface area (Å²) in [7, 11) is -3.01. The average molecular weight is 319 g/mol. The van der Waals surface area contributed by atoms with Crippen LogP contribution in [-0.4, -0.2) is 48.2 Å². The third-order valence-electron chi connectivity index (χ3n) is 2.36. The molecule has 0 saturated carbocycles. The Balaban J connectivity index is 2.66. The SMILES string of the molecule is CCOC(=O)c1cnc(SCCS(=O)(=O)CC)nc1N. The lowest BCUT2D eigenvalue weighted by Crippen LogP contribution is -2.12. The van der Waals surface area contributed by atoms with Gasteiger partial charge in [0.05, 0.1) is 12.4 Å². The number of ether oxygens (including phenoxy) is 1. The molecule has 112 valence electrons. The molecule has 0 unspecified atom stereocenters. The van der Waals surface area contributed by atoms with E-state index >= 15 is 0 Å². The lowest BCUT2D eigenvalue weighted by molar-refractivity contribution is 0.0526. The van der Waals surface area contributed by atoms with Gasteiger partial charge in [-0.3, -0.25) is 0 Å². The number of carbonyl (C=O) groups is 1. The number of nitrogens with two attached hydrogens (primary N) is 1. The first-order valence-electron chi connectivity index (χ1n) is 6.02. The maximum absolute atomic E-state index is 11.5. The molecule has 0 atom stereocenters. The van der Waals surface area contributed by atoms with Crippen LogP contribution in [0.5, 0.6) is 0 Å². The van der Waals surface area contributed by atoms with Gasteiger partial charge in [0.15, 0.2) is 15.0 Å². The van der Waals surface area contributed by atoms with Gasteiger partial charge in [-0.2, -0.15) is 0 Å². The zero-order chi connectivity index (χ0) is 15.2. The van der Waals surface area contributed by atoms with Crippen molar-refractivity contribution < 1.29 is 17.9 Å². The van der Waals surface area contributed by atoms with Gasteiger partial charge >= 0.3 is 5.97 Å². The fraction of sp³-hybridized carbons (Fsp3) is 0.545. The molecule has 9 heteroatoms. The Morgan fingerprint density at radius 2 is 2.15 bits per heavy atom. The Bertz CT molecular complexity index is 575. The van der Waals surface area contributed by atoms with E-state index in [1.54, 1.807) is 13.8 Å². The first kappa shape index (κ1) is 16.7. The van der Waals surface area contributed by atoms with Gasteiger partial charge < -0.3 is 10.5 Å². The van der Waals surface area contributed by atoms with Gasteiger partial charge in [0.2, 0.25) is 0 Å². The second-order valence-electron chi connectivity index (χ2n) is 3.76. The van der Waals surface area contributed by atoms with E-state index in [9.17, 15) is 13.2 Å². The number of nitrogens with zero attached hydrogens (tertiary/aromatic N) is 2. The number of aromatic nitrogens is 2. The van der Waals surface area contributed by atoms with Gasteiger partial charge in [-0.1, -0.05) is 18.7 Å². The van der Waals surface area contributed by atoms with Crippen LogP contribution >= 0.6 is 11.8 Å². The van der Waals surface area contributed by atoms with Crippen molar-refractivity contribution in [1.29, 1.82) is 0 Å². The second kappa shape index (κ2) is 7.44. The van der Waals surface area contributed by atoms with E-state index in [0.29, 0.717) is 10.9 Å². The largest absolute Gasteiger partial charge is 0.462 e. The highest BCUT2D eigenvalue weighted by molar-refractivity contribution is 8.00. The molecule has 1 heterocycles. The van der Waals surface area contributed by atoms with Crippen molar-refractivity contribution in [3.63, 3.8) is 0 Å². The molecule has 0 aliphatic rings. The normalized spacial score (nSPS) is 11.3. The van der Waals surface area contributed by atoms with Crippen molar-refractivity contribution in [2.75, 3.05) is 29.6 Å². The minimum atomic E-state index is -3.01. The Labute approximate surface area is 122 Å². The fourth-order valence-corrected chi connectivity index (χ4v) is 3.33. The van der Waals surface area contributed by atoms with Gasteiger partial charge in [-0.05, 0) is 6.92 Å². The highest BCUT2D eigenvalue weighted by Gasteiger charge is 2.14. The molecule has 1 rings (SSSR count). The number of rotatable bonds is 7. The summed E-state index contributed by atoms with van der Waals surface area (Å²) in [4.78, 5) is 19.4. The minimum Gasteiger partial charge on any atom is -0.462 e. The van der Waals surface area contributed by atoms with Gasteiger partial charge in [0.1, 0.15) is 11.4 Å². The summed E-state index contributed by atoms with van der Waals surface area (Å²) in [5.74, 6) is -0.0431. The summed E-state index contributed by atoms with van der Waals surface area (Å²) in [5.41, 5.74) is 5.76. The Morgan fingerprint density at radius 3 is 2.70 bits per heavy atom. The first-order chi connectivity index (χ1) is 9.39. The third kappa shape index (κ3) is 4.97. The number of esters is 1. The molecular weight excluding hydrogens is 302 g/mol. The number of sulfone groups is 1. The second-order valence-corrected chi connectivity index (χ2v) is 7.29. The van der Waals surface area contributed by atoms with E-state index in [1.165, 1.54) is 18.0 Å². The van der Waals surface area contributed by atoms with Crippen LogP contribution in [0, 0.1) is 0 Å². The zero-order valence-electron chi connectivity index (χ0n) is 11.3. The maximum Gasteiger partial charge on any atom is 0.343 e.